The number of hydrogen-bond acceptors (Lipinski definition) is 5. The molecule has 1 unspecified atom stereocenters. The van der Waals surface area contributed by atoms with E-state index in [4.69, 9.17) is 4.74 Å². The van der Waals surface area contributed by atoms with Gasteiger partial charge in [-0.15, -0.1) is 0 Å². The highest BCUT2D eigenvalue weighted by atomic mass is 32.2. The summed E-state index contributed by atoms with van der Waals surface area (Å²) in [5.74, 6) is 0. The Morgan fingerprint density at radius 1 is 1.18 bits per heavy atom. The Hall–Kier alpha value is -2.54. The first-order chi connectivity index (χ1) is 13.5. The van der Waals surface area contributed by atoms with Gasteiger partial charge in [0.25, 0.3) is 0 Å². The van der Waals surface area contributed by atoms with E-state index in [1.807, 2.05) is 24.3 Å². The van der Waals surface area contributed by atoms with Crippen molar-refractivity contribution in [3.8, 4) is 0 Å². The fraction of sp³-hybridized carbons (Fsp3) is 0.381. The maximum Gasteiger partial charge on any atom is 0.414 e. The largest absolute Gasteiger partial charge is 0.449 e. The number of sulfone groups is 1. The minimum atomic E-state index is -3.53. The first kappa shape index (κ1) is 18.8. The van der Waals surface area contributed by atoms with Crippen molar-refractivity contribution in [3.63, 3.8) is 0 Å². The Morgan fingerprint density at radius 3 is 2.82 bits per heavy atom. The molecule has 0 fully saturated rings. The molecule has 0 aromatic heterocycles. The second-order valence-corrected chi connectivity index (χ2v) is 9.25. The predicted octanol–water partition coefficient (Wildman–Crippen LogP) is 3.75. The molecule has 1 amide bonds. The Bertz CT molecular complexity index is 1000. The first-order valence-corrected chi connectivity index (χ1v) is 11.2. The van der Waals surface area contributed by atoms with E-state index in [0.717, 1.165) is 41.8 Å². The van der Waals surface area contributed by atoms with E-state index in [1.165, 1.54) is 0 Å². The third-order valence-corrected chi connectivity index (χ3v) is 7.38. The number of anilines is 2. The number of carbonyl (C=O) groups excluding carboxylic acids is 1. The summed E-state index contributed by atoms with van der Waals surface area (Å²) >= 11 is 0. The molecule has 0 saturated heterocycles. The molecule has 2 aliphatic heterocycles. The lowest BCUT2D eigenvalue weighted by Gasteiger charge is -2.30. The maximum atomic E-state index is 13.2. The third-order valence-electron chi connectivity index (χ3n) is 5.37. The molecule has 6 nitrogen and oxygen atoms in total. The number of nitrogens with zero attached hydrogens (tertiary/aromatic N) is 1. The van der Waals surface area contributed by atoms with Gasteiger partial charge in [-0.3, -0.25) is 4.90 Å². The summed E-state index contributed by atoms with van der Waals surface area (Å²) in [6.45, 7) is 2.67. The van der Waals surface area contributed by atoms with Crippen LogP contribution in [0, 0.1) is 0 Å². The first-order valence-electron chi connectivity index (χ1n) is 9.66. The zero-order chi connectivity index (χ0) is 19.7. The average Bonchev–Trinajstić information content (AvgIpc) is 2.72. The number of aryl methyl sites for hydroxylation is 2. The van der Waals surface area contributed by atoms with Crippen molar-refractivity contribution in [1.82, 2.24) is 0 Å². The Morgan fingerprint density at radius 2 is 2.00 bits per heavy atom. The summed E-state index contributed by atoms with van der Waals surface area (Å²) in [6.07, 6.45) is 2.41. The second-order valence-electron chi connectivity index (χ2n) is 7.12. The van der Waals surface area contributed by atoms with Crippen LogP contribution in [0.2, 0.25) is 0 Å². The number of amides is 1. The molecule has 0 spiro atoms. The summed E-state index contributed by atoms with van der Waals surface area (Å²) in [5.41, 5.74) is 3.64. The number of para-hydroxylation sites is 1. The van der Waals surface area contributed by atoms with E-state index >= 15 is 0 Å². The smallest absolute Gasteiger partial charge is 0.414 e. The van der Waals surface area contributed by atoms with Gasteiger partial charge in [-0.2, -0.15) is 0 Å². The van der Waals surface area contributed by atoms with Gasteiger partial charge in [-0.1, -0.05) is 18.2 Å². The Labute approximate surface area is 165 Å². The van der Waals surface area contributed by atoms with Crippen LogP contribution in [0.3, 0.4) is 0 Å². The van der Waals surface area contributed by atoms with Crippen molar-refractivity contribution >= 4 is 27.3 Å². The van der Waals surface area contributed by atoms with Crippen LogP contribution in [0.15, 0.2) is 47.4 Å². The number of ether oxygens (including phenoxy) is 1. The normalized spacial score (nSPS) is 18.6. The molecular formula is C21H24N2O4S. The summed E-state index contributed by atoms with van der Waals surface area (Å²) in [4.78, 5) is 14.1. The van der Waals surface area contributed by atoms with Crippen LogP contribution in [0.25, 0.3) is 0 Å². The topological polar surface area (TPSA) is 75.7 Å². The molecule has 28 heavy (non-hydrogen) atoms. The van der Waals surface area contributed by atoms with Crippen LogP contribution in [0.5, 0.6) is 0 Å². The monoisotopic (exact) mass is 400 g/mol. The molecule has 7 heteroatoms. The van der Waals surface area contributed by atoms with Crippen LogP contribution < -0.4 is 10.2 Å². The molecule has 0 radical (unpaired) electrons. The molecule has 1 atom stereocenters. The summed E-state index contributed by atoms with van der Waals surface area (Å²) in [5, 5.41) is 2.54. The van der Waals surface area contributed by atoms with Gasteiger partial charge in [-0.25, -0.2) is 13.2 Å². The third kappa shape index (κ3) is 3.35. The number of rotatable bonds is 3. The van der Waals surface area contributed by atoms with Gasteiger partial charge in [-0.05, 0) is 68.0 Å². The van der Waals surface area contributed by atoms with Gasteiger partial charge >= 0.3 is 6.09 Å². The van der Waals surface area contributed by atoms with Gasteiger partial charge in [0.2, 0.25) is 0 Å². The SMILES string of the molecule is CCOC(=O)N1CCCc2cc(S(=O)(=O)C3CCc4ccccc4N3)ccc21. The molecule has 1 N–H and O–H groups in total. The maximum absolute atomic E-state index is 13.2. The van der Waals surface area contributed by atoms with Gasteiger partial charge < -0.3 is 10.1 Å². The summed E-state index contributed by atoms with van der Waals surface area (Å²) in [6, 6.07) is 12.9. The molecular weight excluding hydrogens is 376 g/mol. The van der Waals surface area contributed by atoms with Crippen LogP contribution in [-0.2, 0) is 27.4 Å². The zero-order valence-electron chi connectivity index (χ0n) is 15.8. The van der Waals surface area contributed by atoms with Crippen LogP contribution in [0.1, 0.15) is 30.9 Å². The van der Waals surface area contributed by atoms with Gasteiger partial charge in [0.05, 0.1) is 17.2 Å². The minimum Gasteiger partial charge on any atom is -0.449 e. The van der Waals surface area contributed by atoms with Crippen LogP contribution in [0.4, 0.5) is 16.2 Å². The zero-order valence-corrected chi connectivity index (χ0v) is 16.7. The van der Waals surface area contributed by atoms with Crippen molar-refractivity contribution in [2.75, 3.05) is 23.4 Å². The minimum absolute atomic E-state index is 0.300. The molecule has 0 bridgehead atoms. The number of benzene rings is 2. The fourth-order valence-corrected chi connectivity index (χ4v) is 5.55. The standard InChI is InChI=1S/C21H24N2O4S/c1-2-27-21(24)23-13-5-7-16-14-17(10-11-19(16)23)28(25,26)20-12-9-15-6-3-4-8-18(15)22-20/h3-4,6,8,10-11,14,20,22H,2,5,7,9,12-13H2,1H3. The number of fused-ring (bicyclic) bond motifs is 2. The second kappa shape index (κ2) is 7.47. The van der Waals surface area contributed by atoms with Crippen molar-refractivity contribution in [3.05, 3.63) is 53.6 Å². The molecule has 2 aliphatic rings. The lowest BCUT2D eigenvalue weighted by Crippen LogP contribution is -2.36. The highest BCUT2D eigenvalue weighted by molar-refractivity contribution is 7.92. The molecule has 2 aromatic rings. The van der Waals surface area contributed by atoms with Crippen molar-refractivity contribution in [2.45, 2.75) is 42.9 Å². The summed E-state index contributed by atoms with van der Waals surface area (Å²) < 4.78 is 31.6. The Kier molecular flexibility index (Phi) is 5.02. The molecule has 2 heterocycles. The number of hydrogen-bond donors (Lipinski definition) is 1. The highest BCUT2D eigenvalue weighted by Gasteiger charge is 2.32. The molecule has 0 saturated carbocycles. The molecule has 148 valence electrons. The van der Waals surface area contributed by atoms with E-state index in [2.05, 4.69) is 5.32 Å². The lowest BCUT2D eigenvalue weighted by molar-refractivity contribution is 0.159. The van der Waals surface area contributed by atoms with Gasteiger partial charge in [0.1, 0.15) is 5.37 Å². The van der Waals surface area contributed by atoms with Crippen LogP contribution in [-0.4, -0.2) is 33.0 Å². The quantitative estimate of drug-likeness (QED) is 0.849. The molecule has 2 aromatic carbocycles. The Balaban J connectivity index is 1.62. The fourth-order valence-electron chi connectivity index (χ4n) is 3.95. The number of nitrogens with one attached hydrogen (secondary N) is 1. The van der Waals surface area contributed by atoms with E-state index in [1.54, 1.807) is 30.0 Å². The predicted molar refractivity (Wildman–Crippen MR) is 108 cm³/mol. The average molecular weight is 401 g/mol. The summed E-state index contributed by atoms with van der Waals surface area (Å²) in [7, 11) is -3.53. The number of carbonyl (C=O) groups is 1. The van der Waals surface area contributed by atoms with Crippen molar-refractivity contribution in [2.24, 2.45) is 0 Å². The van der Waals surface area contributed by atoms with E-state index < -0.39 is 15.2 Å². The van der Waals surface area contributed by atoms with Gasteiger partial charge in [0.15, 0.2) is 9.84 Å². The lowest BCUT2D eigenvalue weighted by atomic mass is 10.0. The van der Waals surface area contributed by atoms with Crippen molar-refractivity contribution < 1.29 is 17.9 Å². The molecule has 4 rings (SSSR count). The van der Waals surface area contributed by atoms with Crippen molar-refractivity contribution in [1.29, 1.82) is 0 Å². The molecule has 0 aliphatic carbocycles. The van der Waals surface area contributed by atoms with E-state index in [-0.39, 0.29) is 6.09 Å². The highest BCUT2D eigenvalue weighted by Crippen LogP contribution is 2.33. The van der Waals surface area contributed by atoms with E-state index in [0.29, 0.717) is 24.5 Å². The van der Waals surface area contributed by atoms with Crippen LogP contribution >= 0.6 is 0 Å². The van der Waals surface area contributed by atoms with E-state index in [9.17, 15) is 13.2 Å². The van der Waals surface area contributed by atoms with Gasteiger partial charge in [0, 0.05) is 12.2 Å².